The van der Waals surface area contributed by atoms with Crippen LogP contribution >= 0.6 is 27.3 Å². The standard InChI is InChI=1S/C14H13BrFN3S/c1-2-19-14(10(15)7-18-19)13(17)12-6-8-5-9(16)3-4-11(8)20-12/h3-7,13H,2,17H2,1H3. The first-order valence-electron chi connectivity index (χ1n) is 6.26. The third-order valence-electron chi connectivity index (χ3n) is 3.23. The summed E-state index contributed by atoms with van der Waals surface area (Å²) in [5.41, 5.74) is 7.31. The van der Waals surface area contributed by atoms with Crippen LogP contribution in [0.25, 0.3) is 10.1 Å². The molecule has 1 unspecified atom stereocenters. The minimum absolute atomic E-state index is 0.227. The van der Waals surface area contributed by atoms with Crippen molar-refractivity contribution in [3.8, 4) is 0 Å². The fourth-order valence-electron chi connectivity index (χ4n) is 2.26. The Morgan fingerprint density at radius 1 is 1.45 bits per heavy atom. The number of hydrogen-bond donors (Lipinski definition) is 1. The lowest BCUT2D eigenvalue weighted by atomic mass is 10.1. The van der Waals surface area contributed by atoms with Crippen molar-refractivity contribution in [2.75, 3.05) is 0 Å². The van der Waals surface area contributed by atoms with Gasteiger partial charge in [-0.15, -0.1) is 11.3 Å². The summed E-state index contributed by atoms with van der Waals surface area (Å²) >= 11 is 5.08. The monoisotopic (exact) mass is 353 g/mol. The molecule has 0 radical (unpaired) electrons. The van der Waals surface area contributed by atoms with E-state index in [2.05, 4.69) is 21.0 Å². The molecule has 1 atom stereocenters. The van der Waals surface area contributed by atoms with Gasteiger partial charge >= 0.3 is 0 Å². The van der Waals surface area contributed by atoms with E-state index in [-0.39, 0.29) is 11.9 Å². The number of aryl methyl sites for hydroxylation is 1. The quantitative estimate of drug-likeness (QED) is 0.771. The molecule has 0 aliphatic heterocycles. The van der Waals surface area contributed by atoms with Gasteiger partial charge in [-0.3, -0.25) is 4.68 Å². The number of benzene rings is 1. The van der Waals surface area contributed by atoms with Gasteiger partial charge in [0.05, 0.1) is 22.4 Å². The minimum atomic E-state index is -0.271. The molecule has 0 saturated carbocycles. The van der Waals surface area contributed by atoms with Gasteiger partial charge in [-0.05, 0) is 52.5 Å². The second-order valence-corrected chi connectivity index (χ2v) is 6.47. The number of nitrogens with two attached hydrogens (primary N) is 1. The Balaban J connectivity index is 2.07. The predicted molar refractivity (Wildman–Crippen MR) is 83.4 cm³/mol. The van der Waals surface area contributed by atoms with E-state index in [0.717, 1.165) is 31.7 Å². The van der Waals surface area contributed by atoms with E-state index in [4.69, 9.17) is 5.73 Å². The summed E-state index contributed by atoms with van der Waals surface area (Å²) in [4.78, 5) is 1.00. The van der Waals surface area contributed by atoms with Crippen molar-refractivity contribution in [3.05, 3.63) is 51.3 Å². The lowest BCUT2D eigenvalue weighted by Crippen LogP contribution is -2.16. The number of thiophene rings is 1. The predicted octanol–water partition coefficient (Wildman–Crippen LogP) is 4.07. The van der Waals surface area contributed by atoms with Gasteiger partial charge in [-0.1, -0.05) is 0 Å². The summed E-state index contributed by atoms with van der Waals surface area (Å²) in [5.74, 6) is -0.227. The summed E-state index contributed by atoms with van der Waals surface area (Å²) in [5, 5.41) is 5.17. The minimum Gasteiger partial charge on any atom is -0.318 e. The van der Waals surface area contributed by atoms with Gasteiger partial charge in [0.1, 0.15) is 5.82 Å². The largest absolute Gasteiger partial charge is 0.318 e. The van der Waals surface area contributed by atoms with Crippen LogP contribution in [0.5, 0.6) is 0 Å². The van der Waals surface area contributed by atoms with Crippen molar-refractivity contribution in [1.82, 2.24) is 9.78 Å². The molecule has 0 saturated heterocycles. The van der Waals surface area contributed by atoms with Crippen LogP contribution in [0.1, 0.15) is 23.5 Å². The first kappa shape index (κ1) is 13.7. The van der Waals surface area contributed by atoms with Gasteiger partial charge in [-0.25, -0.2) is 4.39 Å². The lowest BCUT2D eigenvalue weighted by molar-refractivity contribution is 0.602. The van der Waals surface area contributed by atoms with Crippen LogP contribution in [0.2, 0.25) is 0 Å². The van der Waals surface area contributed by atoms with Crippen LogP contribution in [0.4, 0.5) is 4.39 Å². The van der Waals surface area contributed by atoms with E-state index < -0.39 is 0 Å². The number of rotatable bonds is 3. The zero-order valence-corrected chi connectivity index (χ0v) is 13.2. The molecule has 6 heteroatoms. The van der Waals surface area contributed by atoms with E-state index in [0.29, 0.717) is 0 Å². The van der Waals surface area contributed by atoms with Crippen LogP contribution in [0, 0.1) is 5.82 Å². The zero-order valence-electron chi connectivity index (χ0n) is 10.8. The highest BCUT2D eigenvalue weighted by Crippen LogP contribution is 2.34. The molecule has 104 valence electrons. The highest BCUT2D eigenvalue weighted by Gasteiger charge is 2.19. The van der Waals surface area contributed by atoms with Gasteiger partial charge in [0, 0.05) is 16.1 Å². The molecule has 0 spiro atoms. The molecule has 1 aromatic carbocycles. The van der Waals surface area contributed by atoms with Crippen LogP contribution in [-0.4, -0.2) is 9.78 Å². The average Bonchev–Trinajstić information content (AvgIpc) is 3.00. The molecule has 0 aliphatic rings. The maximum absolute atomic E-state index is 13.3. The molecule has 0 fully saturated rings. The molecule has 0 amide bonds. The average molecular weight is 354 g/mol. The van der Waals surface area contributed by atoms with E-state index in [1.54, 1.807) is 23.6 Å². The topological polar surface area (TPSA) is 43.8 Å². The van der Waals surface area contributed by atoms with E-state index >= 15 is 0 Å². The van der Waals surface area contributed by atoms with Gasteiger partial charge < -0.3 is 5.73 Å². The number of hydrogen-bond acceptors (Lipinski definition) is 3. The molecule has 20 heavy (non-hydrogen) atoms. The van der Waals surface area contributed by atoms with Crippen LogP contribution in [0.3, 0.4) is 0 Å². The first-order chi connectivity index (χ1) is 9.60. The molecule has 2 N–H and O–H groups in total. The lowest BCUT2D eigenvalue weighted by Gasteiger charge is -2.12. The van der Waals surface area contributed by atoms with Crippen molar-refractivity contribution in [1.29, 1.82) is 0 Å². The number of fused-ring (bicyclic) bond motifs is 1. The number of nitrogens with zero attached hydrogens (tertiary/aromatic N) is 2. The Hall–Kier alpha value is -1.24. The van der Waals surface area contributed by atoms with Crippen molar-refractivity contribution in [2.45, 2.75) is 19.5 Å². The molecule has 3 nitrogen and oxygen atoms in total. The SMILES string of the molecule is CCn1ncc(Br)c1C(N)c1cc2cc(F)ccc2s1. The molecule has 2 aromatic heterocycles. The number of aromatic nitrogens is 2. The highest BCUT2D eigenvalue weighted by molar-refractivity contribution is 9.10. The van der Waals surface area contributed by atoms with E-state index in [9.17, 15) is 4.39 Å². The third-order valence-corrected chi connectivity index (χ3v) is 5.04. The maximum atomic E-state index is 13.3. The third kappa shape index (κ3) is 2.28. The molecule has 2 heterocycles. The molecular formula is C14H13BrFN3S. The smallest absolute Gasteiger partial charge is 0.123 e. The molecule has 0 aliphatic carbocycles. The van der Waals surface area contributed by atoms with Crippen molar-refractivity contribution in [3.63, 3.8) is 0 Å². The fourth-order valence-corrected chi connectivity index (χ4v) is 3.85. The first-order valence-corrected chi connectivity index (χ1v) is 7.87. The van der Waals surface area contributed by atoms with Gasteiger partial charge in [0.15, 0.2) is 0 Å². The normalized spacial score (nSPS) is 13.0. The Labute approximate surface area is 128 Å². The van der Waals surface area contributed by atoms with Crippen LogP contribution < -0.4 is 5.73 Å². The fraction of sp³-hybridized carbons (Fsp3) is 0.214. The Bertz CT molecular complexity index is 765. The van der Waals surface area contributed by atoms with Gasteiger partial charge in [0.2, 0.25) is 0 Å². The highest BCUT2D eigenvalue weighted by atomic mass is 79.9. The second-order valence-electron chi connectivity index (χ2n) is 4.50. The molecule has 3 rings (SSSR count). The summed E-state index contributed by atoms with van der Waals surface area (Å²) in [6.07, 6.45) is 1.76. The van der Waals surface area contributed by atoms with Gasteiger partial charge in [0.25, 0.3) is 0 Å². The summed E-state index contributed by atoms with van der Waals surface area (Å²) in [6, 6.07) is 6.48. The molecular weight excluding hydrogens is 341 g/mol. The van der Waals surface area contributed by atoms with Crippen molar-refractivity contribution >= 4 is 37.4 Å². The second kappa shape index (κ2) is 5.27. The maximum Gasteiger partial charge on any atom is 0.123 e. The van der Waals surface area contributed by atoms with E-state index in [1.165, 1.54) is 12.1 Å². The summed E-state index contributed by atoms with van der Waals surface area (Å²) in [7, 11) is 0. The van der Waals surface area contributed by atoms with Crippen LogP contribution in [-0.2, 0) is 6.54 Å². The number of halogens is 2. The summed E-state index contributed by atoms with van der Waals surface area (Å²) in [6.45, 7) is 2.78. The Kier molecular flexibility index (Phi) is 3.62. The van der Waals surface area contributed by atoms with E-state index in [1.807, 2.05) is 17.7 Å². The van der Waals surface area contributed by atoms with Crippen LogP contribution in [0.15, 0.2) is 34.9 Å². The van der Waals surface area contributed by atoms with Crippen molar-refractivity contribution in [2.24, 2.45) is 5.73 Å². The Morgan fingerprint density at radius 3 is 3.00 bits per heavy atom. The van der Waals surface area contributed by atoms with Crippen molar-refractivity contribution < 1.29 is 4.39 Å². The Morgan fingerprint density at radius 2 is 2.25 bits per heavy atom. The summed E-state index contributed by atoms with van der Waals surface area (Å²) < 4.78 is 17.1. The molecule has 0 bridgehead atoms. The zero-order chi connectivity index (χ0) is 14.3. The van der Waals surface area contributed by atoms with Gasteiger partial charge in [-0.2, -0.15) is 5.10 Å². The molecule has 3 aromatic rings.